The number of methoxy groups -OCH3 is 1. The lowest BCUT2D eigenvalue weighted by atomic mass is 9.96. The second kappa shape index (κ2) is 7.82. The number of carbonyl (C=O) groups excluding carboxylic acids is 2. The highest BCUT2D eigenvalue weighted by Crippen LogP contribution is 2.30. The molecular weight excluding hydrogens is 346 g/mol. The first-order chi connectivity index (χ1) is 12.9. The van der Waals surface area contributed by atoms with Crippen LogP contribution in [0.4, 0.5) is 0 Å². The Morgan fingerprint density at radius 2 is 2.15 bits per heavy atom. The van der Waals surface area contributed by atoms with Gasteiger partial charge in [0.25, 0.3) is 0 Å². The van der Waals surface area contributed by atoms with Crippen LogP contribution < -0.4 is 14.8 Å². The Bertz CT molecular complexity index is 872. The van der Waals surface area contributed by atoms with Gasteiger partial charge >= 0.3 is 0 Å². The molecule has 2 aromatic rings. The number of Topliss-reactive ketones (excluding diaryl/α,β-unsaturated/α-hetero) is 1. The summed E-state index contributed by atoms with van der Waals surface area (Å²) in [7, 11) is 1.63. The fourth-order valence-corrected chi connectivity index (χ4v) is 3.48. The summed E-state index contributed by atoms with van der Waals surface area (Å²) >= 11 is 0. The smallest absolute Gasteiger partial charge is 0.241 e. The fourth-order valence-electron chi connectivity index (χ4n) is 3.48. The molecule has 0 saturated heterocycles. The van der Waals surface area contributed by atoms with Crippen LogP contribution in [0.1, 0.15) is 34.2 Å². The molecule has 1 aliphatic rings. The molecule has 0 aliphatic carbocycles. The first kappa shape index (κ1) is 18.9. The number of nitrogens with one attached hydrogen (secondary N) is 1. The largest absolute Gasteiger partial charge is 0.497 e. The van der Waals surface area contributed by atoms with Crippen molar-refractivity contribution in [1.82, 2.24) is 15.1 Å². The number of ether oxygens (including phenoxy) is 2. The molecule has 1 N–H and O–H groups in total. The molecule has 7 heteroatoms. The summed E-state index contributed by atoms with van der Waals surface area (Å²) in [4.78, 5) is 24.0. The molecule has 7 nitrogen and oxygen atoms in total. The second-order valence-electron chi connectivity index (χ2n) is 6.92. The molecule has 1 unspecified atom stereocenters. The van der Waals surface area contributed by atoms with Crippen LogP contribution in [0.5, 0.6) is 11.5 Å². The summed E-state index contributed by atoms with van der Waals surface area (Å²) in [6.07, 6.45) is 0.841. The number of hydrogen-bond acceptors (Lipinski definition) is 5. The van der Waals surface area contributed by atoms with Crippen LogP contribution in [0.2, 0.25) is 0 Å². The van der Waals surface area contributed by atoms with E-state index in [4.69, 9.17) is 9.47 Å². The molecule has 1 amide bonds. The number of ketones is 1. The lowest BCUT2D eigenvalue weighted by molar-refractivity contribution is -0.122. The maximum Gasteiger partial charge on any atom is 0.241 e. The van der Waals surface area contributed by atoms with Gasteiger partial charge in [-0.05, 0) is 38.8 Å². The van der Waals surface area contributed by atoms with E-state index < -0.39 is 0 Å². The van der Waals surface area contributed by atoms with E-state index >= 15 is 0 Å². The Morgan fingerprint density at radius 1 is 1.37 bits per heavy atom. The molecule has 0 bridgehead atoms. The SMILES string of the molecule is COc1ccc2c(c1)OCC(CNC(=O)Cn1nc(C)c(C(C)=O)c1C)C2. The third-order valence-corrected chi connectivity index (χ3v) is 4.87. The third kappa shape index (κ3) is 4.13. The lowest BCUT2D eigenvalue weighted by Crippen LogP contribution is -2.36. The van der Waals surface area contributed by atoms with Crippen molar-refractivity contribution < 1.29 is 19.1 Å². The maximum atomic E-state index is 12.3. The molecule has 27 heavy (non-hydrogen) atoms. The van der Waals surface area contributed by atoms with E-state index in [2.05, 4.69) is 10.4 Å². The molecule has 2 heterocycles. The van der Waals surface area contributed by atoms with E-state index in [-0.39, 0.29) is 24.2 Å². The summed E-state index contributed by atoms with van der Waals surface area (Å²) in [6.45, 7) is 6.28. The summed E-state index contributed by atoms with van der Waals surface area (Å²) < 4.78 is 12.6. The van der Waals surface area contributed by atoms with Crippen molar-refractivity contribution in [2.75, 3.05) is 20.3 Å². The molecule has 1 aliphatic heterocycles. The van der Waals surface area contributed by atoms with Gasteiger partial charge in [0.15, 0.2) is 5.78 Å². The van der Waals surface area contributed by atoms with Crippen molar-refractivity contribution in [3.63, 3.8) is 0 Å². The van der Waals surface area contributed by atoms with Crippen LogP contribution in [0.15, 0.2) is 18.2 Å². The fraction of sp³-hybridized carbons (Fsp3) is 0.450. The van der Waals surface area contributed by atoms with E-state index in [1.165, 1.54) is 6.92 Å². The van der Waals surface area contributed by atoms with E-state index in [0.717, 1.165) is 29.2 Å². The predicted molar refractivity (Wildman–Crippen MR) is 100 cm³/mol. The first-order valence-electron chi connectivity index (χ1n) is 9.00. The van der Waals surface area contributed by atoms with Crippen molar-refractivity contribution in [3.05, 3.63) is 40.7 Å². The highest BCUT2D eigenvalue weighted by molar-refractivity contribution is 5.96. The summed E-state index contributed by atoms with van der Waals surface area (Å²) in [5, 5.41) is 7.26. The van der Waals surface area contributed by atoms with Crippen molar-refractivity contribution in [2.24, 2.45) is 5.92 Å². The average Bonchev–Trinajstić information content (AvgIpc) is 2.92. The Balaban J connectivity index is 1.56. The number of aromatic nitrogens is 2. The molecule has 144 valence electrons. The quantitative estimate of drug-likeness (QED) is 0.786. The van der Waals surface area contributed by atoms with Gasteiger partial charge < -0.3 is 14.8 Å². The number of rotatable bonds is 6. The van der Waals surface area contributed by atoms with E-state index in [0.29, 0.717) is 24.4 Å². The number of hydrogen-bond donors (Lipinski definition) is 1. The highest BCUT2D eigenvalue weighted by Gasteiger charge is 2.22. The van der Waals surface area contributed by atoms with Gasteiger partial charge in [0, 0.05) is 24.2 Å². The van der Waals surface area contributed by atoms with Crippen LogP contribution in [0, 0.1) is 19.8 Å². The van der Waals surface area contributed by atoms with Crippen molar-refractivity contribution in [3.8, 4) is 11.5 Å². The Hall–Kier alpha value is -2.83. The number of nitrogens with zero attached hydrogens (tertiary/aromatic N) is 2. The second-order valence-corrected chi connectivity index (χ2v) is 6.92. The molecule has 0 spiro atoms. The van der Waals surface area contributed by atoms with Gasteiger partial charge in [-0.2, -0.15) is 5.10 Å². The minimum atomic E-state index is -0.128. The number of fused-ring (bicyclic) bond motifs is 1. The Kier molecular flexibility index (Phi) is 5.48. The van der Waals surface area contributed by atoms with Gasteiger partial charge in [-0.3, -0.25) is 14.3 Å². The zero-order valence-corrected chi connectivity index (χ0v) is 16.2. The third-order valence-electron chi connectivity index (χ3n) is 4.87. The van der Waals surface area contributed by atoms with Crippen LogP contribution >= 0.6 is 0 Å². The van der Waals surface area contributed by atoms with Crippen molar-refractivity contribution in [1.29, 1.82) is 0 Å². The van der Waals surface area contributed by atoms with Crippen LogP contribution in [-0.2, 0) is 17.8 Å². The number of amides is 1. The van der Waals surface area contributed by atoms with Crippen molar-refractivity contribution in [2.45, 2.75) is 33.7 Å². The normalized spacial score (nSPS) is 15.6. The number of benzene rings is 1. The zero-order chi connectivity index (χ0) is 19.6. The first-order valence-corrected chi connectivity index (χ1v) is 9.00. The average molecular weight is 371 g/mol. The minimum Gasteiger partial charge on any atom is -0.497 e. The van der Waals surface area contributed by atoms with Crippen LogP contribution in [0.3, 0.4) is 0 Å². The molecular formula is C20H25N3O4. The molecule has 1 atom stereocenters. The van der Waals surface area contributed by atoms with Crippen molar-refractivity contribution >= 4 is 11.7 Å². The number of aryl methyl sites for hydroxylation is 1. The molecule has 3 rings (SSSR count). The molecule has 1 aromatic carbocycles. The van der Waals surface area contributed by atoms with Gasteiger partial charge in [-0.25, -0.2) is 0 Å². The lowest BCUT2D eigenvalue weighted by Gasteiger charge is -2.25. The molecule has 0 saturated carbocycles. The molecule has 0 radical (unpaired) electrons. The highest BCUT2D eigenvalue weighted by atomic mass is 16.5. The molecule has 1 aromatic heterocycles. The van der Waals surface area contributed by atoms with Gasteiger partial charge in [0.2, 0.25) is 5.91 Å². The standard InChI is InChI=1S/C20H25N3O4/c1-12-20(14(3)24)13(2)23(22-12)10-19(25)21-9-15-7-16-5-6-17(26-4)8-18(16)27-11-15/h5-6,8,15H,7,9-11H2,1-4H3,(H,21,25). The van der Waals surface area contributed by atoms with Crippen LogP contribution in [-0.4, -0.2) is 41.7 Å². The summed E-state index contributed by atoms with van der Waals surface area (Å²) in [5.41, 5.74) is 3.08. The zero-order valence-electron chi connectivity index (χ0n) is 16.2. The predicted octanol–water partition coefficient (Wildman–Crippen LogP) is 2.08. The molecule has 0 fully saturated rings. The van der Waals surface area contributed by atoms with E-state index in [1.807, 2.05) is 25.1 Å². The summed E-state index contributed by atoms with van der Waals surface area (Å²) in [5.74, 6) is 1.66. The number of carbonyl (C=O) groups is 2. The van der Waals surface area contributed by atoms with E-state index in [1.54, 1.807) is 18.7 Å². The van der Waals surface area contributed by atoms with Gasteiger partial charge in [0.05, 0.1) is 25.0 Å². The van der Waals surface area contributed by atoms with Gasteiger partial charge in [-0.15, -0.1) is 0 Å². The van der Waals surface area contributed by atoms with E-state index in [9.17, 15) is 9.59 Å². The maximum absolute atomic E-state index is 12.3. The minimum absolute atomic E-state index is 0.0358. The van der Waals surface area contributed by atoms with Gasteiger partial charge in [-0.1, -0.05) is 6.07 Å². The monoisotopic (exact) mass is 371 g/mol. The van der Waals surface area contributed by atoms with Crippen LogP contribution in [0.25, 0.3) is 0 Å². The topological polar surface area (TPSA) is 82.4 Å². The Morgan fingerprint density at radius 3 is 2.81 bits per heavy atom. The van der Waals surface area contributed by atoms with Gasteiger partial charge in [0.1, 0.15) is 18.0 Å². The summed E-state index contributed by atoms with van der Waals surface area (Å²) in [6, 6.07) is 5.81. The Labute approximate surface area is 158 Å².